The number of anilines is 2. The highest BCUT2D eigenvalue weighted by atomic mass is 32.1. The zero-order chi connectivity index (χ0) is 22.7. The molecule has 0 radical (unpaired) electrons. The predicted molar refractivity (Wildman–Crippen MR) is 142 cm³/mol. The minimum atomic E-state index is 0.292. The van der Waals surface area contributed by atoms with Gasteiger partial charge in [-0.2, -0.15) is 0 Å². The smallest absolute Gasteiger partial charge is 0.0902 e. The van der Waals surface area contributed by atoms with Crippen molar-refractivity contribution < 1.29 is 0 Å². The molecular weight excluding hydrogens is 408 g/mol. The van der Waals surface area contributed by atoms with Gasteiger partial charge in [0.05, 0.1) is 4.99 Å². The molecule has 3 aromatic carbocycles. The SMILES string of the molecule is CC(C)c1ccc(N(Cc2ccc(N(C)C)cc2)C(=S)C2CCCc3ccccc32)cc1. The van der Waals surface area contributed by atoms with Gasteiger partial charge in [0, 0.05) is 37.9 Å². The van der Waals surface area contributed by atoms with Crippen molar-refractivity contribution >= 4 is 28.6 Å². The van der Waals surface area contributed by atoms with E-state index in [0.29, 0.717) is 11.8 Å². The number of benzene rings is 3. The Morgan fingerprint density at radius 1 is 0.906 bits per heavy atom. The van der Waals surface area contributed by atoms with Crippen LogP contribution in [0.25, 0.3) is 0 Å². The second-order valence-corrected chi connectivity index (χ2v) is 9.79. The number of hydrogen-bond donors (Lipinski definition) is 0. The maximum absolute atomic E-state index is 6.22. The minimum absolute atomic E-state index is 0.292. The predicted octanol–water partition coefficient (Wildman–Crippen LogP) is 7.33. The van der Waals surface area contributed by atoms with E-state index in [4.69, 9.17) is 12.2 Å². The number of hydrogen-bond acceptors (Lipinski definition) is 2. The van der Waals surface area contributed by atoms with E-state index in [1.807, 2.05) is 0 Å². The molecule has 0 aromatic heterocycles. The van der Waals surface area contributed by atoms with E-state index in [-0.39, 0.29) is 0 Å². The Kier molecular flexibility index (Phi) is 6.95. The van der Waals surface area contributed by atoms with Gasteiger partial charge in [-0.25, -0.2) is 0 Å². The quantitative estimate of drug-likeness (QED) is 0.369. The van der Waals surface area contributed by atoms with Gasteiger partial charge in [-0.05, 0) is 71.7 Å². The summed E-state index contributed by atoms with van der Waals surface area (Å²) in [6.45, 7) is 5.26. The Morgan fingerprint density at radius 2 is 1.56 bits per heavy atom. The van der Waals surface area contributed by atoms with Crippen LogP contribution >= 0.6 is 12.2 Å². The lowest BCUT2D eigenvalue weighted by Crippen LogP contribution is -2.34. The molecule has 3 heteroatoms. The number of nitrogens with zero attached hydrogens (tertiary/aromatic N) is 2. The zero-order valence-corrected chi connectivity index (χ0v) is 20.5. The van der Waals surface area contributed by atoms with Crippen molar-refractivity contribution in [3.05, 3.63) is 95.1 Å². The largest absolute Gasteiger partial charge is 0.378 e. The molecule has 1 aliphatic carbocycles. The van der Waals surface area contributed by atoms with Crippen molar-refractivity contribution in [3.63, 3.8) is 0 Å². The third-order valence-electron chi connectivity index (χ3n) is 6.60. The molecule has 0 saturated carbocycles. The van der Waals surface area contributed by atoms with Crippen LogP contribution in [-0.4, -0.2) is 19.1 Å². The zero-order valence-electron chi connectivity index (χ0n) is 19.7. The van der Waals surface area contributed by atoms with Crippen molar-refractivity contribution in [3.8, 4) is 0 Å². The summed E-state index contributed by atoms with van der Waals surface area (Å²) in [6.07, 6.45) is 3.47. The van der Waals surface area contributed by atoms with E-state index in [1.54, 1.807) is 0 Å². The molecule has 0 fully saturated rings. The van der Waals surface area contributed by atoms with Crippen LogP contribution in [0, 0.1) is 0 Å². The molecule has 3 aromatic rings. The second kappa shape index (κ2) is 9.87. The Hall–Kier alpha value is -2.65. The lowest BCUT2D eigenvalue weighted by molar-refractivity contribution is 0.646. The van der Waals surface area contributed by atoms with Crippen molar-refractivity contribution in [1.29, 1.82) is 0 Å². The Bertz CT molecular complexity index is 1050. The molecule has 166 valence electrons. The number of fused-ring (bicyclic) bond motifs is 1. The normalized spacial score (nSPS) is 15.3. The summed E-state index contributed by atoms with van der Waals surface area (Å²) in [5.74, 6) is 0.814. The first-order chi connectivity index (χ1) is 15.4. The van der Waals surface area contributed by atoms with Crippen LogP contribution in [0.5, 0.6) is 0 Å². The number of thiocarbonyl (C=S) groups is 1. The van der Waals surface area contributed by atoms with Crippen LogP contribution in [0.3, 0.4) is 0 Å². The molecule has 0 amide bonds. The molecule has 2 nitrogen and oxygen atoms in total. The molecule has 0 spiro atoms. The van der Waals surface area contributed by atoms with Crippen LogP contribution in [0.15, 0.2) is 72.8 Å². The number of rotatable bonds is 6. The van der Waals surface area contributed by atoms with Crippen LogP contribution in [0.1, 0.15) is 60.8 Å². The fraction of sp³-hybridized carbons (Fsp3) is 0.345. The molecular formula is C29H34N2S. The molecule has 0 saturated heterocycles. The summed E-state index contributed by atoms with van der Waals surface area (Å²) in [7, 11) is 4.15. The van der Waals surface area contributed by atoms with Crippen molar-refractivity contribution in [1.82, 2.24) is 0 Å². The van der Waals surface area contributed by atoms with Gasteiger partial charge in [0.25, 0.3) is 0 Å². The molecule has 0 aliphatic heterocycles. The molecule has 1 atom stereocenters. The fourth-order valence-corrected chi connectivity index (χ4v) is 5.03. The Morgan fingerprint density at radius 3 is 2.22 bits per heavy atom. The third kappa shape index (κ3) is 4.88. The Labute approximate surface area is 198 Å². The van der Waals surface area contributed by atoms with E-state index in [1.165, 1.54) is 40.0 Å². The highest BCUT2D eigenvalue weighted by Crippen LogP contribution is 2.36. The van der Waals surface area contributed by atoms with E-state index < -0.39 is 0 Å². The van der Waals surface area contributed by atoms with Crippen molar-refractivity contribution in [2.75, 3.05) is 23.9 Å². The van der Waals surface area contributed by atoms with Crippen LogP contribution in [0.4, 0.5) is 11.4 Å². The van der Waals surface area contributed by atoms with E-state index in [9.17, 15) is 0 Å². The van der Waals surface area contributed by atoms with Gasteiger partial charge < -0.3 is 9.80 Å². The number of aryl methyl sites for hydroxylation is 1. The summed E-state index contributed by atoms with van der Waals surface area (Å²) in [6, 6.07) is 26.7. The molecule has 0 heterocycles. The van der Waals surface area contributed by atoms with E-state index in [0.717, 1.165) is 24.4 Å². The molecule has 0 N–H and O–H groups in total. The average molecular weight is 443 g/mol. The highest BCUT2D eigenvalue weighted by Gasteiger charge is 2.27. The second-order valence-electron chi connectivity index (χ2n) is 9.38. The van der Waals surface area contributed by atoms with Gasteiger partial charge >= 0.3 is 0 Å². The summed E-state index contributed by atoms with van der Waals surface area (Å²) in [5, 5.41) is 0. The van der Waals surface area contributed by atoms with Gasteiger partial charge in [0.15, 0.2) is 0 Å². The molecule has 0 bridgehead atoms. The summed E-state index contributed by atoms with van der Waals surface area (Å²) >= 11 is 6.22. The monoisotopic (exact) mass is 442 g/mol. The third-order valence-corrected chi connectivity index (χ3v) is 7.10. The van der Waals surface area contributed by atoms with Crippen molar-refractivity contribution in [2.45, 2.75) is 51.5 Å². The average Bonchev–Trinajstić information content (AvgIpc) is 2.82. The van der Waals surface area contributed by atoms with Gasteiger partial charge in [0.1, 0.15) is 0 Å². The molecule has 4 rings (SSSR count). The molecule has 32 heavy (non-hydrogen) atoms. The topological polar surface area (TPSA) is 6.48 Å². The van der Waals surface area contributed by atoms with Crippen LogP contribution < -0.4 is 9.80 Å². The van der Waals surface area contributed by atoms with Crippen LogP contribution in [0.2, 0.25) is 0 Å². The first-order valence-corrected chi connectivity index (χ1v) is 12.1. The maximum atomic E-state index is 6.22. The van der Waals surface area contributed by atoms with Gasteiger partial charge in [-0.15, -0.1) is 0 Å². The summed E-state index contributed by atoms with van der Waals surface area (Å²) < 4.78 is 0. The van der Waals surface area contributed by atoms with Gasteiger partial charge in [-0.1, -0.05) is 74.6 Å². The standard InChI is InChI=1S/C29H34N2S/c1-21(2)23-14-18-26(19-15-23)31(20-22-12-16-25(17-13-22)30(3)4)29(32)28-11-7-9-24-8-5-6-10-27(24)28/h5-6,8,10,12-19,21,28H,7,9,11,20H2,1-4H3. The summed E-state index contributed by atoms with van der Waals surface area (Å²) in [4.78, 5) is 5.53. The van der Waals surface area contributed by atoms with E-state index >= 15 is 0 Å². The highest BCUT2D eigenvalue weighted by molar-refractivity contribution is 7.80. The minimum Gasteiger partial charge on any atom is -0.378 e. The maximum Gasteiger partial charge on any atom is 0.0902 e. The van der Waals surface area contributed by atoms with Crippen molar-refractivity contribution in [2.24, 2.45) is 0 Å². The first-order valence-electron chi connectivity index (χ1n) is 11.7. The van der Waals surface area contributed by atoms with Gasteiger partial charge in [-0.3, -0.25) is 0 Å². The van der Waals surface area contributed by atoms with Gasteiger partial charge in [0.2, 0.25) is 0 Å². The molecule has 1 aliphatic rings. The lowest BCUT2D eigenvalue weighted by atomic mass is 9.82. The molecule has 1 unspecified atom stereocenters. The Balaban J connectivity index is 1.68. The first kappa shape index (κ1) is 22.5. The summed E-state index contributed by atoms with van der Waals surface area (Å²) in [5.41, 5.74) is 7.89. The fourth-order valence-electron chi connectivity index (χ4n) is 4.62. The van der Waals surface area contributed by atoms with E-state index in [2.05, 4.69) is 111 Å². The van der Waals surface area contributed by atoms with Crippen LogP contribution in [-0.2, 0) is 13.0 Å². The lowest BCUT2D eigenvalue weighted by Gasteiger charge is -2.34.